The first-order valence-electron chi connectivity index (χ1n) is 8.17. The fraction of sp³-hybridized carbons (Fsp3) is 0.688. The maximum absolute atomic E-state index is 12.0. The highest BCUT2D eigenvalue weighted by Crippen LogP contribution is 2.17. The summed E-state index contributed by atoms with van der Waals surface area (Å²) in [5, 5.41) is 7.28. The smallest absolute Gasteiger partial charge is 0.267 e. The molecule has 0 aromatic carbocycles. The Morgan fingerprint density at radius 2 is 2.09 bits per heavy atom. The fourth-order valence-electron chi connectivity index (χ4n) is 3.11. The molecule has 0 atom stereocenters. The normalized spacial score (nSPS) is 18.7. The molecule has 1 aliphatic carbocycles. The maximum atomic E-state index is 12.0. The van der Waals surface area contributed by atoms with E-state index in [1.165, 1.54) is 4.68 Å². The number of nitrogens with zero attached hydrogens (tertiary/aromatic N) is 2. The van der Waals surface area contributed by atoms with Crippen LogP contribution in [0.1, 0.15) is 36.9 Å². The highest BCUT2D eigenvalue weighted by molar-refractivity contribution is 5.75. The number of amides is 1. The molecular formula is C16H23N3O3. The lowest BCUT2D eigenvalue weighted by Gasteiger charge is -2.22. The van der Waals surface area contributed by atoms with Gasteiger partial charge in [-0.3, -0.25) is 9.59 Å². The van der Waals surface area contributed by atoms with Crippen LogP contribution in [0.15, 0.2) is 10.9 Å². The summed E-state index contributed by atoms with van der Waals surface area (Å²) in [4.78, 5) is 24.1. The zero-order valence-corrected chi connectivity index (χ0v) is 12.8. The zero-order chi connectivity index (χ0) is 15.4. The second kappa shape index (κ2) is 7.05. The SMILES string of the molecule is O=C(Cn1nc2c(cc1=O)CCCC2)NCC1CCOCC1. The third-order valence-electron chi connectivity index (χ3n) is 4.50. The minimum Gasteiger partial charge on any atom is -0.381 e. The van der Waals surface area contributed by atoms with E-state index in [2.05, 4.69) is 10.4 Å². The molecule has 1 aromatic rings. The van der Waals surface area contributed by atoms with E-state index < -0.39 is 0 Å². The molecular weight excluding hydrogens is 282 g/mol. The van der Waals surface area contributed by atoms with E-state index in [-0.39, 0.29) is 18.0 Å². The number of aryl methyl sites for hydroxylation is 2. The lowest BCUT2D eigenvalue weighted by molar-refractivity contribution is -0.122. The number of hydrogen-bond donors (Lipinski definition) is 1. The number of ether oxygens (including phenoxy) is 1. The van der Waals surface area contributed by atoms with Gasteiger partial charge in [0.05, 0.1) is 5.69 Å². The van der Waals surface area contributed by atoms with Crippen LogP contribution in [0.3, 0.4) is 0 Å². The molecule has 1 aliphatic heterocycles. The van der Waals surface area contributed by atoms with Crippen molar-refractivity contribution in [3.8, 4) is 0 Å². The topological polar surface area (TPSA) is 73.2 Å². The molecule has 22 heavy (non-hydrogen) atoms. The number of carbonyl (C=O) groups is 1. The van der Waals surface area contributed by atoms with E-state index in [4.69, 9.17) is 4.74 Å². The molecule has 1 amide bonds. The summed E-state index contributed by atoms with van der Waals surface area (Å²) in [5.74, 6) is 0.336. The van der Waals surface area contributed by atoms with Crippen LogP contribution in [0.25, 0.3) is 0 Å². The molecule has 6 heteroatoms. The summed E-state index contributed by atoms with van der Waals surface area (Å²) < 4.78 is 6.60. The first kappa shape index (κ1) is 15.2. The predicted octanol–water partition coefficient (Wildman–Crippen LogP) is 0.665. The Morgan fingerprint density at radius 3 is 2.91 bits per heavy atom. The van der Waals surface area contributed by atoms with Crippen molar-refractivity contribution in [2.45, 2.75) is 45.1 Å². The van der Waals surface area contributed by atoms with Crippen molar-refractivity contribution in [1.82, 2.24) is 15.1 Å². The summed E-state index contributed by atoms with van der Waals surface area (Å²) in [6.45, 7) is 2.20. The lowest BCUT2D eigenvalue weighted by Crippen LogP contribution is -2.37. The van der Waals surface area contributed by atoms with Gasteiger partial charge in [0.15, 0.2) is 0 Å². The van der Waals surface area contributed by atoms with E-state index >= 15 is 0 Å². The Balaban J connectivity index is 1.57. The molecule has 2 heterocycles. The summed E-state index contributed by atoms with van der Waals surface area (Å²) in [7, 11) is 0. The lowest BCUT2D eigenvalue weighted by atomic mass is 9.97. The van der Waals surface area contributed by atoms with E-state index in [0.717, 1.165) is 63.0 Å². The average molecular weight is 305 g/mol. The van der Waals surface area contributed by atoms with Crippen molar-refractivity contribution in [1.29, 1.82) is 0 Å². The van der Waals surface area contributed by atoms with Crippen molar-refractivity contribution in [3.63, 3.8) is 0 Å². The average Bonchev–Trinajstić information content (AvgIpc) is 2.55. The molecule has 120 valence electrons. The number of carbonyl (C=O) groups excluding carboxylic acids is 1. The molecule has 1 aromatic heterocycles. The second-order valence-corrected chi connectivity index (χ2v) is 6.18. The fourth-order valence-corrected chi connectivity index (χ4v) is 3.11. The van der Waals surface area contributed by atoms with E-state index in [0.29, 0.717) is 12.5 Å². The van der Waals surface area contributed by atoms with Crippen molar-refractivity contribution < 1.29 is 9.53 Å². The van der Waals surface area contributed by atoms with Gasteiger partial charge >= 0.3 is 0 Å². The third-order valence-corrected chi connectivity index (χ3v) is 4.50. The highest BCUT2D eigenvalue weighted by atomic mass is 16.5. The van der Waals surface area contributed by atoms with Gasteiger partial charge in [-0.1, -0.05) is 0 Å². The van der Waals surface area contributed by atoms with Crippen molar-refractivity contribution in [2.24, 2.45) is 5.92 Å². The van der Waals surface area contributed by atoms with Gasteiger partial charge in [0.2, 0.25) is 5.91 Å². The molecule has 0 radical (unpaired) electrons. The largest absolute Gasteiger partial charge is 0.381 e. The number of hydrogen-bond acceptors (Lipinski definition) is 4. The molecule has 2 aliphatic rings. The first-order chi connectivity index (χ1) is 10.7. The minimum atomic E-state index is -0.179. The van der Waals surface area contributed by atoms with Crippen LogP contribution < -0.4 is 10.9 Å². The number of fused-ring (bicyclic) bond motifs is 1. The summed E-state index contributed by atoms with van der Waals surface area (Å²) in [5.41, 5.74) is 1.85. The van der Waals surface area contributed by atoms with Crippen LogP contribution in [0.4, 0.5) is 0 Å². The molecule has 0 unspecified atom stereocenters. The quantitative estimate of drug-likeness (QED) is 0.887. The van der Waals surface area contributed by atoms with Crippen LogP contribution in [0.5, 0.6) is 0 Å². The molecule has 6 nitrogen and oxygen atoms in total. The Hall–Kier alpha value is -1.69. The van der Waals surface area contributed by atoms with Crippen LogP contribution in [0, 0.1) is 5.92 Å². The summed E-state index contributed by atoms with van der Waals surface area (Å²) in [6.07, 6.45) is 6.01. The Labute approximate surface area is 129 Å². The molecule has 0 spiro atoms. The van der Waals surface area contributed by atoms with Gasteiger partial charge in [-0.05, 0) is 50.0 Å². The first-order valence-corrected chi connectivity index (χ1v) is 8.17. The molecule has 1 fully saturated rings. The standard InChI is InChI=1S/C16H23N3O3/c20-15(17-10-12-5-7-22-8-6-12)11-19-16(21)9-13-3-1-2-4-14(13)18-19/h9,12H,1-8,10-11H2,(H,17,20). The van der Waals surface area contributed by atoms with Crippen LogP contribution in [-0.4, -0.2) is 35.4 Å². The molecule has 0 bridgehead atoms. The van der Waals surface area contributed by atoms with Gasteiger partial charge in [-0.15, -0.1) is 0 Å². The second-order valence-electron chi connectivity index (χ2n) is 6.18. The van der Waals surface area contributed by atoms with E-state index in [1.54, 1.807) is 6.07 Å². The Bertz CT molecular complexity index is 591. The number of nitrogens with one attached hydrogen (secondary N) is 1. The zero-order valence-electron chi connectivity index (χ0n) is 12.8. The summed E-state index contributed by atoms with van der Waals surface area (Å²) in [6, 6.07) is 1.65. The van der Waals surface area contributed by atoms with Gasteiger partial charge in [0, 0.05) is 25.8 Å². The minimum absolute atomic E-state index is 0.00926. The van der Waals surface area contributed by atoms with E-state index in [9.17, 15) is 9.59 Å². The maximum Gasteiger partial charge on any atom is 0.267 e. The number of rotatable bonds is 4. The molecule has 0 saturated carbocycles. The van der Waals surface area contributed by atoms with Crippen molar-refractivity contribution >= 4 is 5.91 Å². The third kappa shape index (κ3) is 3.74. The highest BCUT2D eigenvalue weighted by Gasteiger charge is 2.17. The van der Waals surface area contributed by atoms with Gasteiger partial charge in [0.25, 0.3) is 5.56 Å². The molecule has 1 saturated heterocycles. The van der Waals surface area contributed by atoms with Gasteiger partial charge in [-0.2, -0.15) is 5.10 Å². The number of aromatic nitrogens is 2. The monoisotopic (exact) mass is 305 g/mol. The van der Waals surface area contributed by atoms with E-state index in [1.807, 2.05) is 0 Å². The Kier molecular flexibility index (Phi) is 4.87. The van der Waals surface area contributed by atoms with Gasteiger partial charge in [0.1, 0.15) is 6.54 Å². The van der Waals surface area contributed by atoms with Crippen molar-refractivity contribution in [3.05, 3.63) is 27.7 Å². The van der Waals surface area contributed by atoms with Crippen LogP contribution in [0.2, 0.25) is 0 Å². The predicted molar refractivity (Wildman–Crippen MR) is 81.7 cm³/mol. The summed E-state index contributed by atoms with van der Waals surface area (Å²) >= 11 is 0. The van der Waals surface area contributed by atoms with Crippen LogP contribution >= 0.6 is 0 Å². The van der Waals surface area contributed by atoms with Crippen molar-refractivity contribution in [2.75, 3.05) is 19.8 Å². The molecule has 3 rings (SSSR count). The Morgan fingerprint density at radius 1 is 1.32 bits per heavy atom. The molecule has 1 N–H and O–H groups in total. The van der Waals surface area contributed by atoms with Crippen LogP contribution in [-0.2, 0) is 28.9 Å². The van der Waals surface area contributed by atoms with Gasteiger partial charge in [-0.25, -0.2) is 4.68 Å². The van der Waals surface area contributed by atoms with Gasteiger partial charge < -0.3 is 10.1 Å².